The number of rotatable bonds is 7. The normalized spacial score (nSPS) is 34.8. The van der Waals surface area contributed by atoms with E-state index >= 15 is 0 Å². The Morgan fingerprint density at radius 1 is 1.29 bits per heavy atom. The summed E-state index contributed by atoms with van der Waals surface area (Å²) in [7, 11) is -5.00. The quantitative estimate of drug-likeness (QED) is 0.102. The van der Waals surface area contributed by atoms with Crippen LogP contribution < -0.4 is 0 Å². The summed E-state index contributed by atoms with van der Waals surface area (Å²) in [5.41, 5.74) is -0.519. The van der Waals surface area contributed by atoms with Crippen molar-refractivity contribution < 1.29 is 52.3 Å². The molecule has 0 aromatic carbocycles. The van der Waals surface area contributed by atoms with Gasteiger partial charge in [-0.3, -0.25) is 9.35 Å². The Morgan fingerprint density at radius 3 is 2.33 bits per heavy atom. The lowest BCUT2D eigenvalue weighted by Gasteiger charge is -2.46. The molecule has 0 saturated carbocycles. The van der Waals surface area contributed by atoms with E-state index in [-0.39, 0.29) is 0 Å². The average Bonchev–Trinajstić information content (AvgIpc) is 2.45. The number of carboxylic acid groups (broad SMARTS) is 1. The van der Waals surface area contributed by atoms with Gasteiger partial charge >= 0.3 is 16.4 Å². The summed E-state index contributed by atoms with van der Waals surface area (Å²) in [5.74, 6) is -1.45. The van der Waals surface area contributed by atoms with Gasteiger partial charge in [0.05, 0.1) is 18.7 Å². The van der Waals surface area contributed by atoms with Crippen LogP contribution in [0.2, 0.25) is 0 Å². The molecule has 5 atom stereocenters. The molecular formula is C10H17NO11S2. The maximum atomic E-state index is 10.8. The average molecular weight is 391 g/mol. The van der Waals surface area contributed by atoms with Crippen molar-refractivity contribution in [1.82, 2.24) is 0 Å². The highest BCUT2D eigenvalue weighted by atomic mass is 32.3. The van der Waals surface area contributed by atoms with Crippen LogP contribution in [0.4, 0.5) is 0 Å². The number of aliphatic carboxylic acids is 1. The summed E-state index contributed by atoms with van der Waals surface area (Å²) in [5, 5.41) is 50.2. The van der Waals surface area contributed by atoms with Crippen LogP contribution in [-0.4, -0.2) is 86.1 Å². The predicted molar refractivity (Wildman–Crippen MR) is 78.6 cm³/mol. The molecule has 1 fully saturated rings. The van der Waals surface area contributed by atoms with Crippen molar-refractivity contribution >= 4 is 34.7 Å². The van der Waals surface area contributed by atoms with E-state index in [4.69, 9.17) is 19.5 Å². The van der Waals surface area contributed by atoms with E-state index in [2.05, 4.69) is 22.1 Å². The molecule has 24 heavy (non-hydrogen) atoms. The molecule has 12 nitrogen and oxygen atoms in total. The van der Waals surface area contributed by atoms with Crippen LogP contribution in [0.3, 0.4) is 0 Å². The molecule has 0 spiro atoms. The summed E-state index contributed by atoms with van der Waals surface area (Å²) in [6.45, 7) is -0.750. The van der Waals surface area contributed by atoms with Crippen molar-refractivity contribution in [2.45, 2.75) is 42.2 Å². The van der Waals surface area contributed by atoms with Gasteiger partial charge in [-0.25, -0.2) is 4.28 Å². The fourth-order valence-electron chi connectivity index (χ4n) is 2.06. The second kappa shape index (κ2) is 7.92. The van der Waals surface area contributed by atoms with Crippen LogP contribution in [0.5, 0.6) is 0 Å². The molecule has 1 aliphatic rings. The minimum absolute atomic E-state index is 0.519. The van der Waals surface area contributed by atoms with Crippen LogP contribution in [0.1, 0.15) is 12.8 Å². The molecule has 140 valence electrons. The smallest absolute Gasteiger partial charge is 0.466 e. The van der Waals surface area contributed by atoms with Gasteiger partial charge < -0.3 is 30.3 Å². The molecule has 0 aliphatic carbocycles. The summed E-state index contributed by atoms with van der Waals surface area (Å²) in [6.07, 6.45) is -8.16. The second-order valence-electron chi connectivity index (χ2n) is 5.02. The Bertz CT molecular complexity index is 592. The number of aliphatic hydroxyl groups is 4. The van der Waals surface area contributed by atoms with Gasteiger partial charge in [-0.15, -0.1) is 12.6 Å². The van der Waals surface area contributed by atoms with E-state index in [1.54, 1.807) is 0 Å². The highest BCUT2D eigenvalue weighted by Gasteiger charge is 2.52. The summed E-state index contributed by atoms with van der Waals surface area (Å²) in [4.78, 5) is 8.77. The molecule has 1 heterocycles. The van der Waals surface area contributed by atoms with Gasteiger partial charge in [0, 0.05) is 6.42 Å². The lowest BCUT2D eigenvalue weighted by atomic mass is 9.91. The first kappa shape index (κ1) is 21.0. The van der Waals surface area contributed by atoms with Crippen molar-refractivity contribution in [3.8, 4) is 0 Å². The van der Waals surface area contributed by atoms with Crippen molar-refractivity contribution in [3.05, 3.63) is 0 Å². The number of aliphatic hydroxyl groups excluding tert-OH is 4. The molecule has 0 unspecified atom stereocenters. The standard InChI is InChI=1S/C10H17NO11S2/c12-3-5-7(15)8(16)9(17)10(23,21-5)2-4(1-6(13)14)11-22-24(18,19)20/h5,7-9,12,15-17,23H,1-3H2,(H,13,14)(H,18,19,20)/t5-,7-,8+,9-,10-/m1/s1. The zero-order valence-electron chi connectivity index (χ0n) is 12.0. The Kier molecular flexibility index (Phi) is 6.94. The number of nitrogens with zero attached hydrogens (tertiary/aromatic N) is 1. The first-order chi connectivity index (χ1) is 10.9. The van der Waals surface area contributed by atoms with Gasteiger partial charge in [-0.1, -0.05) is 5.16 Å². The highest BCUT2D eigenvalue weighted by molar-refractivity contribution is 7.81. The van der Waals surface area contributed by atoms with Crippen molar-refractivity contribution in [2.75, 3.05) is 6.61 Å². The molecule has 1 saturated heterocycles. The summed E-state index contributed by atoms with van der Waals surface area (Å²) >= 11 is 3.99. The van der Waals surface area contributed by atoms with E-state index in [0.717, 1.165) is 0 Å². The number of oxime groups is 1. The molecule has 6 N–H and O–H groups in total. The third kappa shape index (κ3) is 5.52. The zero-order valence-corrected chi connectivity index (χ0v) is 13.7. The lowest BCUT2D eigenvalue weighted by molar-refractivity contribution is -0.239. The molecule has 0 bridgehead atoms. The Balaban J connectivity index is 3.07. The van der Waals surface area contributed by atoms with Crippen LogP contribution >= 0.6 is 12.6 Å². The van der Waals surface area contributed by atoms with Crippen LogP contribution in [0, 0.1) is 0 Å². The van der Waals surface area contributed by atoms with Crippen molar-refractivity contribution in [1.29, 1.82) is 0 Å². The van der Waals surface area contributed by atoms with Crippen molar-refractivity contribution in [2.24, 2.45) is 5.16 Å². The topological polar surface area (TPSA) is 203 Å². The fourth-order valence-corrected chi connectivity index (χ4v) is 2.73. The number of carbonyl (C=O) groups is 1. The molecular weight excluding hydrogens is 374 g/mol. The molecule has 0 aromatic heterocycles. The molecule has 1 rings (SSSR count). The Labute approximate surface area is 141 Å². The van der Waals surface area contributed by atoms with Crippen molar-refractivity contribution in [3.63, 3.8) is 0 Å². The SMILES string of the molecule is O=C(O)CC(C[C@]1(S)O[C@H](CO)[C@@H](O)[C@H](O)[C@H]1O)=NOS(=O)(=O)O. The minimum atomic E-state index is -5.00. The van der Waals surface area contributed by atoms with Crippen LogP contribution in [-0.2, 0) is 24.2 Å². The van der Waals surface area contributed by atoms with Gasteiger partial charge in [0.1, 0.15) is 29.3 Å². The fraction of sp³-hybridized carbons (Fsp3) is 0.800. The van der Waals surface area contributed by atoms with E-state index in [1.807, 2.05) is 0 Å². The first-order valence-electron chi connectivity index (χ1n) is 6.38. The van der Waals surface area contributed by atoms with E-state index < -0.39 is 70.9 Å². The van der Waals surface area contributed by atoms with Crippen LogP contribution in [0.15, 0.2) is 5.16 Å². The van der Waals surface area contributed by atoms with Gasteiger partial charge in [0.2, 0.25) is 0 Å². The number of hydrogen-bond acceptors (Lipinski definition) is 11. The molecule has 0 aromatic rings. The Morgan fingerprint density at radius 2 is 1.88 bits per heavy atom. The number of ether oxygens (including phenoxy) is 1. The van der Waals surface area contributed by atoms with E-state index in [1.165, 1.54) is 0 Å². The monoisotopic (exact) mass is 391 g/mol. The molecule has 0 amide bonds. The third-order valence-electron chi connectivity index (χ3n) is 3.13. The zero-order chi connectivity index (χ0) is 18.7. The minimum Gasteiger partial charge on any atom is -0.481 e. The van der Waals surface area contributed by atoms with Gasteiger partial charge in [0.25, 0.3) is 0 Å². The predicted octanol–water partition coefficient (Wildman–Crippen LogP) is -2.87. The summed E-state index contributed by atoms with van der Waals surface area (Å²) in [6, 6.07) is 0. The molecule has 0 radical (unpaired) electrons. The maximum Gasteiger partial charge on any atom is 0.466 e. The lowest BCUT2D eigenvalue weighted by Crippen LogP contribution is -2.63. The second-order valence-corrected chi connectivity index (χ2v) is 6.78. The Hall–Kier alpha value is -1.00. The summed E-state index contributed by atoms with van der Waals surface area (Å²) < 4.78 is 38.4. The number of thiol groups is 1. The van der Waals surface area contributed by atoms with E-state index in [0.29, 0.717) is 0 Å². The molecule has 14 heteroatoms. The number of carboxylic acids is 1. The first-order valence-corrected chi connectivity index (χ1v) is 8.19. The largest absolute Gasteiger partial charge is 0.481 e. The maximum absolute atomic E-state index is 10.8. The molecule has 1 aliphatic heterocycles. The van der Waals surface area contributed by atoms with Gasteiger partial charge in [-0.05, 0) is 0 Å². The third-order valence-corrected chi connectivity index (χ3v) is 3.92. The van der Waals surface area contributed by atoms with Gasteiger partial charge in [0.15, 0.2) is 0 Å². The van der Waals surface area contributed by atoms with Gasteiger partial charge in [-0.2, -0.15) is 8.42 Å². The van der Waals surface area contributed by atoms with E-state index in [9.17, 15) is 28.5 Å². The van der Waals surface area contributed by atoms with Crippen LogP contribution in [0.25, 0.3) is 0 Å². The highest BCUT2D eigenvalue weighted by Crippen LogP contribution is 2.36. The number of hydrogen-bond donors (Lipinski definition) is 7.